The Morgan fingerprint density at radius 3 is 2.22 bits per heavy atom. The predicted octanol–water partition coefficient (Wildman–Crippen LogP) is 3.21. The molecule has 0 heterocycles. The van der Waals surface area contributed by atoms with Crippen molar-refractivity contribution in [3.63, 3.8) is 0 Å². The summed E-state index contributed by atoms with van der Waals surface area (Å²) in [6, 6.07) is 0.215. The van der Waals surface area contributed by atoms with Crippen molar-refractivity contribution < 1.29 is 20.5 Å². The lowest BCUT2D eigenvalue weighted by molar-refractivity contribution is -0.127. The summed E-state index contributed by atoms with van der Waals surface area (Å²) in [7, 11) is 1.62. The molecule has 0 aromatic rings. The molecule has 5 nitrogen and oxygen atoms in total. The lowest BCUT2D eigenvalue weighted by atomic mass is 9.80. The molecule has 0 spiro atoms. The van der Waals surface area contributed by atoms with Crippen LogP contribution >= 0.6 is 0 Å². The van der Waals surface area contributed by atoms with Crippen molar-refractivity contribution in [3.8, 4) is 0 Å². The number of ketones is 1. The zero-order valence-electron chi connectivity index (χ0n) is 15.5. The summed E-state index contributed by atoms with van der Waals surface area (Å²) in [6.45, 7) is 9.41. The van der Waals surface area contributed by atoms with E-state index in [2.05, 4.69) is 5.32 Å². The third-order valence-electron chi connectivity index (χ3n) is 3.97. The van der Waals surface area contributed by atoms with Gasteiger partial charge in [-0.3, -0.25) is 9.59 Å². The van der Waals surface area contributed by atoms with Gasteiger partial charge in [-0.25, -0.2) is 0 Å². The van der Waals surface area contributed by atoms with E-state index in [9.17, 15) is 9.59 Å². The van der Waals surface area contributed by atoms with Gasteiger partial charge in [-0.15, -0.1) is 0 Å². The minimum absolute atomic E-state index is 0. The van der Waals surface area contributed by atoms with Gasteiger partial charge in [0.05, 0.1) is 19.8 Å². The molecular formula is C18H37NO4. The number of rotatable bonds is 9. The van der Waals surface area contributed by atoms with Gasteiger partial charge in [-0.1, -0.05) is 27.7 Å². The number of nitrogens with one attached hydrogen (secondary N) is 1. The Labute approximate surface area is 143 Å². The Bertz CT molecular complexity index is 329. The second-order valence-electron chi connectivity index (χ2n) is 6.03. The molecule has 1 aliphatic carbocycles. The van der Waals surface area contributed by atoms with Crippen molar-refractivity contribution in [1.29, 1.82) is 0 Å². The molecule has 1 amide bonds. The van der Waals surface area contributed by atoms with Crippen molar-refractivity contribution in [2.75, 3.05) is 26.9 Å². The van der Waals surface area contributed by atoms with Crippen LogP contribution in [0.3, 0.4) is 0 Å². The second kappa shape index (κ2) is 13.5. The summed E-state index contributed by atoms with van der Waals surface area (Å²) in [4.78, 5) is 23.7. The molecule has 23 heavy (non-hydrogen) atoms. The Morgan fingerprint density at radius 2 is 1.70 bits per heavy atom. The van der Waals surface area contributed by atoms with Crippen LogP contribution in [-0.2, 0) is 19.1 Å². The molecule has 1 saturated carbocycles. The molecule has 138 valence electrons. The van der Waals surface area contributed by atoms with E-state index in [1.54, 1.807) is 7.11 Å². The SMILES string of the molecule is CC.COCCOCCC(=O)NC1CCC(C(=O)C(C)C)CC1.[HH]. The quantitative estimate of drug-likeness (QED) is 0.659. The highest BCUT2D eigenvalue weighted by atomic mass is 16.5. The van der Waals surface area contributed by atoms with Gasteiger partial charge in [0.2, 0.25) is 5.91 Å². The first-order valence-electron chi connectivity index (χ1n) is 8.94. The maximum Gasteiger partial charge on any atom is 0.222 e. The van der Waals surface area contributed by atoms with E-state index in [-0.39, 0.29) is 25.2 Å². The minimum atomic E-state index is 0. The van der Waals surface area contributed by atoms with Crippen LogP contribution in [-0.4, -0.2) is 44.7 Å². The van der Waals surface area contributed by atoms with E-state index in [1.807, 2.05) is 27.7 Å². The summed E-state index contributed by atoms with van der Waals surface area (Å²) in [5.74, 6) is 0.707. The first-order chi connectivity index (χ1) is 11.0. The summed E-state index contributed by atoms with van der Waals surface area (Å²) < 4.78 is 10.1. The average Bonchev–Trinajstić information content (AvgIpc) is 2.56. The molecule has 0 aromatic carbocycles. The molecule has 5 heteroatoms. The molecule has 1 N–H and O–H groups in total. The van der Waals surface area contributed by atoms with E-state index in [0.29, 0.717) is 32.0 Å². The number of amides is 1. The molecule has 0 saturated heterocycles. The van der Waals surface area contributed by atoms with Crippen molar-refractivity contribution in [1.82, 2.24) is 5.32 Å². The predicted molar refractivity (Wildman–Crippen MR) is 94.5 cm³/mol. The standard InChI is InChI=1S/C16H29NO4.C2H6.H2/c1-12(2)16(19)13-4-6-14(7-5-13)17-15(18)8-9-21-11-10-20-3;1-2;/h12-14H,4-11H2,1-3H3,(H,17,18);1-2H3;1H. The van der Waals surface area contributed by atoms with E-state index < -0.39 is 0 Å². The highest BCUT2D eigenvalue weighted by molar-refractivity contribution is 5.83. The van der Waals surface area contributed by atoms with Crippen LogP contribution in [0.1, 0.15) is 61.2 Å². The van der Waals surface area contributed by atoms with Crippen LogP contribution in [0.15, 0.2) is 0 Å². The van der Waals surface area contributed by atoms with Crippen molar-refractivity contribution >= 4 is 11.7 Å². The summed E-state index contributed by atoms with van der Waals surface area (Å²) in [6.07, 6.45) is 3.98. The van der Waals surface area contributed by atoms with Gasteiger partial charge in [-0.05, 0) is 25.7 Å². The molecular weight excluding hydrogens is 294 g/mol. The van der Waals surface area contributed by atoms with Gasteiger partial charge in [0.1, 0.15) is 5.78 Å². The highest BCUT2D eigenvalue weighted by Crippen LogP contribution is 2.27. The summed E-state index contributed by atoms with van der Waals surface area (Å²) in [5, 5.41) is 3.04. The van der Waals surface area contributed by atoms with Gasteiger partial charge >= 0.3 is 0 Å². The zero-order valence-corrected chi connectivity index (χ0v) is 15.5. The van der Waals surface area contributed by atoms with Crippen LogP contribution in [0.4, 0.5) is 0 Å². The smallest absolute Gasteiger partial charge is 0.222 e. The molecule has 0 bridgehead atoms. The number of methoxy groups -OCH3 is 1. The molecule has 0 atom stereocenters. The molecule has 0 radical (unpaired) electrons. The lowest BCUT2D eigenvalue weighted by Gasteiger charge is -2.29. The van der Waals surface area contributed by atoms with Crippen LogP contribution in [0.2, 0.25) is 0 Å². The van der Waals surface area contributed by atoms with Crippen LogP contribution in [0.5, 0.6) is 0 Å². The van der Waals surface area contributed by atoms with Crippen molar-refractivity contribution in [2.24, 2.45) is 11.8 Å². The van der Waals surface area contributed by atoms with Gasteiger partial charge in [0, 0.05) is 32.8 Å². The molecule has 1 rings (SSSR count). The van der Waals surface area contributed by atoms with Gasteiger partial charge < -0.3 is 14.8 Å². The number of hydrogen-bond acceptors (Lipinski definition) is 4. The van der Waals surface area contributed by atoms with Crippen molar-refractivity contribution in [3.05, 3.63) is 0 Å². The average molecular weight is 331 g/mol. The Balaban J connectivity index is 0. The Kier molecular flexibility index (Phi) is 12.9. The fourth-order valence-corrected chi connectivity index (χ4v) is 2.70. The van der Waals surface area contributed by atoms with E-state index >= 15 is 0 Å². The highest BCUT2D eigenvalue weighted by Gasteiger charge is 2.27. The molecule has 1 aliphatic rings. The first-order valence-corrected chi connectivity index (χ1v) is 8.94. The van der Waals surface area contributed by atoms with Gasteiger partial charge in [0.25, 0.3) is 0 Å². The third kappa shape index (κ3) is 9.72. The fourth-order valence-electron chi connectivity index (χ4n) is 2.70. The normalized spacial score (nSPS) is 20.6. The van der Waals surface area contributed by atoms with Crippen LogP contribution in [0.25, 0.3) is 0 Å². The summed E-state index contributed by atoms with van der Waals surface area (Å²) in [5.41, 5.74) is 0. The lowest BCUT2D eigenvalue weighted by Crippen LogP contribution is -2.39. The van der Waals surface area contributed by atoms with E-state index in [4.69, 9.17) is 9.47 Å². The number of ether oxygens (including phenoxy) is 2. The van der Waals surface area contributed by atoms with Crippen LogP contribution in [0, 0.1) is 11.8 Å². The zero-order chi connectivity index (χ0) is 17.7. The number of hydrogen-bond donors (Lipinski definition) is 1. The topological polar surface area (TPSA) is 64.6 Å². The first kappa shape index (κ1) is 22.1. The molecule has 0 aliphatic heterocycles. The number of carbonyl (C=O) groups excluding carboxylic acids is 2. The van der Waals surface area contributed by atoms with Gasteiger partial charge in [0.15, 0.2) is 0 Å². The minimum Gasteiger partial charge on any atom is -0.382 e. The third-order valence-corrected chi connectivity index (χ3v) is 3.97. The number of Topliss-reactive ketones (excluding diaryl/α,β-unsaturated/α-hetero) is 1. The van der Waals surface area contributed by atoms with Crippen LogP contribution < -0.4 is 5.32 Å². The second-order valence-corrected chi connectivity index (χ2v) is 6.03. The maximum atomic E-state index is 11.9. The Hall–Kier alpha value is -0.940. The molecule has 0 unspecified atom stereocenters. The summed E-state index contributed by atoms with van der Waals surface area (Å²) >= 11 is 0. The fraction of sp³-hybridized carbons (Fsp3) is 0.889. The Morgan fingerprint density at radius 1 is 1.09 bits per heavy atom. The monoisotopic (exact) mass is 331 g/mol. The van der Waals surface area contributed by atoms with Gasteiger partial charge in [-0.2, -0.15) is 0 Å². The van der Waals surface area contributed by atoms with E-state index in [0.717, 1.165) is 25.7 Å². The van der Waals surface area contributed by atoms with Crippen molar-refractivity contribution in [2.45, 2.75) is 65.8 Å². The number of carbonyl (C=O) groups is 2. The van der Waals surface area contributed by atoms with E-state index in [1.165, 1.54) is 0 Å². The molecule has 0 aromatic heterocycles. The maximum absolute atomic E-state index is 11.9. The largest absolute Gasteiger partial charge is 0.382 e. The molecule has 1 fully saturated rings.